The van der Waals surface area contributed by atoms with Crippen LogP contribution in [0.3, 0.4) is 0 Å². The number of hydrogen-bond donors (Lipinski definition) is 1. The van der Waals surface area contributed by atoms with Crippen molar-refractivity contribution in [3.8, 4) is 11.3 Å². The molecule has 0 saturated heterocycles. The van der Waals surface area contributed by atoms with Crippen LogP contribution in [0.4, 0.5) is 10.2 Å². The van der Waals surface area contributed by atoms with Gasteiger partial charge in [-0.1, -0.05) is 32.4 Å². The maximum absolute atomic E-state index is 13.5. The van der Waals surface area contributed by atoms with Crippen LogP contribution >= 0.6 is 11.6 Å². The van der Waals surface area contributed by atoms with E-state index >= 15 is 0 Å². The first kappa shape index (κ1) is 14.7. The van der Waals surface area contributed by atoms with Crippen LogP contribution in [0.25, 0.3) is 11.3 Å². The molecule has 2 rings (SSSR count). The molecule has 1 aromatic carbocycles. The first-order valence-electron chi connectivity index (χ1n) is 6.29. The zero-order valence-corrected chi connectivity index (χ0v) is 12.7. The number of nitrogen functional groups attached to an aromatic ring is 1. The van der Waals surface area contributed by atoms with Gasteiger partial charge in [0.15, 0.2) is 0 Å². The van der Waals surface area contributed by atoms with E-state index in [1.165, 1.54) is 12.1 Å². The Morgan fingerprint density at radius 2 is 1.80 bits per heavy atom. The second-order valence-corrected chi connectivity index (χ2v) is 6.25. The van der Waals surface area contributed by atoms with Crippen LogP contribution in [0.15, 0.2) is 18.2 Å². The van der Waals surface area contributed by atoms with Crippen molar-refractivity contribution in [1.82, 2.24) is 9.97 Å². The summed E-state index contributed by atoms with van der Waals surface area (Å²) in [5.74, 6) is 0.623. The summed E-state index contributed by atoms with van der Waals surface area (Å²) < 4.78 is 13.5. The first-order chi connectivity index (χ1) is 9.18. The van der Waals surface area contributed by atoms with E-state index in [1.54, 1.807) is 6.07 Å². The Balaban J connectivity index is 2.70. The van der Waals surface area contributed by atoms with Crippen LogP contribution in [0.2, 0.25) is 5.02 Å². The van der Waals surface area contributed by atoms with Crippen molar-refractivity contribution in [2.75, 3.05) is 5.73 Å². The average molecular weight is 294 g/mol. The third-order valence-electron chi connectivity index (χ3n) is 2.99. The van der Waals surface area contributed by atoms with Gasteiger partial charge in [-0.15, -0.1) is 0 Å². The zero-order valence-electron chi connectivity index (χ0n) is 12.0. The number of rotatable bonds is 1. The fourth-order valence-corrected chi connectivity index (χ4v) is 2.06. The van der Waals surface area contributed by atoms with E-state index < -0.39 is 5.82 Å². The largest absolute Gasteiger partial charge is 0.383 e. The molecule has 0 bridgehead atoms. The Morgan fingerprint density at radius 3 is 2.35 bits per heavy atom. The number of halogens is 2. The average Bonchev–Trinajstić information content (AvgIpc) is 2.29. The van der Waals surface area contributed by atoms with Gasteiger partial charge in [0.1, 0.15) is 17.5 Å². The highest BCUT2D eigenvalue weighted by Gasteiger charge is 2.21. The summed E-state index contributed by atoms with van der Waals surface area (Å²) in [6.45, 7) is 7.81. The highest BCUT2D eigenvalue weighted by atomic mass is 35.5. The Morgan fingerprint density at radius 1 is 1.15 bits per heavy atom. The minimum atomic E-state index is -0.401. The third kappa shape index (κ3) is 2.90. The summed E-state index contributed by atoms with van der Waals surface area (Å²) in [5.41, 5.74) is 7.65. The summed E-state index contributed by atoms with van der Waals surface area (Å²) in [7, 11) is 0. The molecule has 1 heterocycles. The SMILES string of the molecule is Cc1c(N)nc(C(C)(C)C)nc1-c1cc(F)cc(Cl)c1. The Labute approximate surface area is 123 Å². The quantitative estimate of drug-likeness (QED) is 0.860. The highest BCUT2D eigenvalue weighted by molar-refractivity contribution is 6.30. The molecule has 1 aromatic heterocycles. The fourth-order valence-electron chi connectivity index (χ4n) is 1.84. The van der Waals surface area contributed by atoms with E-state index in [9.17, 15) is 4.39 Å². The van der Waals surface area contributed by atoms with Crippen molar-refractivity contribution in [3.63, 3.8) is 0 Å². The summed E-state index contributed by atoms with van der Waals surface area (Å²) in [6.07, 6.45) is 0. The fraction of sp³-hybridized carbons (Fsp3) is 0.333. The molecule has 20 heavy (non-hydrogen) atoms. The van der Waals surface area contributed by atoms with Gasteiger partial charge in [-0.25, -0.2) is 14.4 Å². The normalized spacial score (nSPS) is 11.7. The lowest BCUT2D eigenvalue weighted by atomic mass is 9.95. The molecule has 0 unspecified atom stereocenters. The third-order valence-corrected chi connectivity index (χ3v) is 3.21. The molecule has 106 valence electrons. The molecule has 0 amide bonds. The Hall–Kier alpha value is -1.68. The van der Waals surface area contributed by atoms with Crippen molar-refractivity contribution in [2.24, 2.45) is 0 Å². The van der Waals surface area contributed by atoms with Gasteiger partial charge < -0.3 is 5.73 Å². The van der Waals surface area contributed by atoms with E-state index in [4.69, 9.17) is 17.3 Å². The first-order valence-corrected chi connectivity index (χ1v) is 6.67. The highest BCUT2D eigenvalue weighted by Crippen LogP contribution is 2.30. The molecule has 3 nitrogen and oxygen atoms in total. The number of hydrogen-bond acceptors (Lipinski definition) is 3. The molecule has 2 aromatic rings. The smallest absolute Gasteiger partial charge is 0.136 e. The van der Waals surface area contributed by atoms with E-state index in [0.717, 1.165) is 5.56 Å². The number of aromatic nitrogens is 2. The predicted octanol–water partition coefficient (Wildman–Crippen LogP) is 4.12. The van der Waals surface area contributed by atoms with Crippen molar-refractivity contribution >= 4 is 17.4 Å². The maximum atomic E-state index is 13.5. The van der Waals surface area contributed by atoms with Gasteiger partial charge in [0, 0.05) is 21.6 Å². The number of anilines is 1. The lowest BCUT2D eigenvalue weighted by Crippen LogP contribution is -2.18. The molecule has 0 aliphatic heterocycles. The van der Waals surface area contributed by atoms with Crippen LogP contribution in [0.5, 0.6) is 0 Å². The molecule has 0 saturated carbocycles. The lowest BCUT2D eigenvalue weighted by molar-refractivity contribution is 0.546. The van der Waals surface area contributed by atoms with Crippen molar-refractivity contribution in [1.29, 1.82) is 0 Å². The minimum Gasteiger partial charge on any atom is -0.383 e. The molecular formula is C15H17ClFN3. The van der Waals surface area contributed by atoms with Gasteiger partial charge in [-0.2, -0.15) is 0 Å². The van der Waals surface area contributed by atoms with Crippen LogP contribution in [-0.2, 0) is 5.41 Å². The van der Waals surface area contributed by atoms with Crippen LogP contribution in [0, 0.1) is 12.7 Å². The summed E-state index contributed by atoms with van der Waals surface area (Å²) in [5, 5.41) is 0.328. The lowest BCUT2D eigenvalue weighted by Gasteiger charge is -2.19. The molecular weight excluding hydrogens is 277 g/mol. The molecule has 2 N–H and O–H groups in total. The molecule has 0 aliphatic rings. The van der Waals surface area contributed by atoms with Gasteiger partial charge in [0.25, 0.3) is 0 Å². The number of nitrogens with zero attached hydrogens (tertiary/aromatic N) is 2. The molecule has 5 heteroatoms. The number of benzene rings is 1. The number of nitrogens with two attached hydrogens (primary N) is 1. The predicted molar refractivity (Wildman–Crippen MR) is 80.3 cm³/mol. The Bertz CT molecular complexity index is 643. The van der Waals surface area contributed by atoms with Gasteiger partial charge in [0.2, 0.25) is 0 Å². The molecule has 0 spiro atoms. The summed E-state index contributed by atoms with van der Waals surface area (Å²) in [6, 6.07) is 4.33. The Kier molecular flexibility index (Phi) is 3.69. The molecule has 0 fully saturated rings. The topological polar surface area (TPSA) is 51.8 Å². The second-order valence-electron chi connectivity index (χ2n) is 5.81. The standard InChI is InChI=1S/C15H17ClFN3/c1-8-12(9-5-10(16)7-11(17)6-9)19-14(15(2,3)4)20-13(8)18/h5-7H,1-4H3,(H2,18,19,20). The van der Waals surface area contributed by atoms with E-state index in [1.807, 2.05) is 27.7 Å². The van der Waals surface area contributed by atoms with Crippen LogP contribution in [-0.4, -0.2) is 9.97 Å². The van der Waals surface area contributed by atoms with Crippen LogP contribution in [0.1, 0.15) is 32.2 Å². The molecule has 0 atom stereocenters. The van der Waals surface area contributed by atoms with Crippen LogP contribution < -0.4 is 5.73 Å². The van der Waals surface area contributed by atoms with Crippen molar-refractivity contribution < 1.29 is 4.39 Å². The van der Waals surface area contributed by atoms with Gasteiger partial charge in [-0.3, -0.25) is 0 Å². The summed E-state index contributed by atoms with van der Waals surface area (Å²) in [4.78, 5) is 8.86. The van der Waals surface area contributed by atoms with E-state index in [2.05, 4.69) is 9.97 Å². The minimum absolute atomic E-state index is 0.242. The molecule has 0 aliphatic carbocycles. The van der Waals surface area contributed by atoms with Gasteiger partial charge >= 0.3 is 0 Å². The molecule has 0 radical (unpaired) electrons. The monoisotopic (exact) mass is 293 g/mol. The zero-order chi connectivity index (χ0) is 15.1. The van der Waals surface area contributed by atoms with Crippen molar-refractivity contribution in [3.05, 3.63) is 40.4 Å². The van der Waals surface area contributed by atoms with Crippen molar-refractivity contribution in [2.45, 2.75) is 33.1 Å². The summed E-state index contributed by atoms with van der Waals surface area (Å²) >= 11 is 5.91. The second kappa shape index (κ2) is 5.02. The maximum Gasteiger partial charge on any atom is 0.136 e. The van der Waals surface area contributed by atoms with E-state index in [0.29, 0.717) is 27.9 Å². The van der Waals surface area contributed by atoms with E-state index in [-0.39, 0.29) is 5.41 Å². The van der Waals surface area contributed by atoms with Gasteiger partial charge in [-0.05, 0) is 25.1 Å². The van der Waals surface area contributed by atoms with Gasteiger partial charge in [0.05, 0.1) is 5.69 Å².